The van der Waals surface area contributed by atoms with Gasteiger partial charge in [-0.1, -0.05) is 83.5 Å². The molecule has 1 atom stereocenters. The molecule has 0 amide bonds. The molecule has 0 aromatic heterocycles. The van der Waals surface area contributed by atoms with Crippen molar-refractivity contribution in [2.45, 2.75) is 103 Å². The van der Waals surface area contributed by atoms with E-state index >= 15 is 0 Å². The van der Waals surface area contributed by atoms with Crippen molar-refractivity contribution in [2.24, 2.45) is 0 Å². The summed E-state index contributed by atoms with van der Waals surface area (Å²) in [7, 11) is 0. The van der Waals surface area contributed by atoms with Crippen molar-refractivity contribution >= 4 is 25.4 Å². The number of hydrogen-bond acceptors (Lipinski definition) is 5. The first-order chi connectivity index (χ1) is 18.1. The zero-order valence-electron chi connectivity index (χ0n) is 22.8. The van der Waals surface area contributed by atoms with E-state index < -0.39 is 24.6 Å². The Hall–Kier alpha value is -3.39. The van der Waals surface area contributed by atoms with Crippen LogP contribution in [0.15, 0.2) is 0 Å². The summed E-state index contributed by atoms with van der Waals surface area (Å²) in [5, 5.41) is 9.37. The van der Waals surface area contributed by atoms with Gasteiger partial charge in [0.15, 0.2) is 6.10 Å². The van der Waals surface area contributed by atoms with Gasteiger partial charge < -0.3 is 14.6 Å². The molecule has 38 heavy (non-hydrogen) atoms. The molecular weight excluding hydrogens is 496 g/mol. The second-order valence-corrected chi connectivity index (χ2v) is 8.16. The summed E-state index contributed by atoms with van der Waals surface area (Å²) in [6.45, 7) is 3.19. The molecule has 5 nitrogen and oxygen atoms in total. The molecule has 0 bridgehead atoms. The third-order valence-corrected chi connectivity index (χ3v) is 4.99. The van der Waals surface area contributed by atoms with Gasteiger partial charge in [-0.2, -0.15) is 13.5 Å². The molecule has 0 unspecified atom stereocenters. The van der Waals surface area contributed by atoms with Crippen LogP contribution in [0.1, 0.15) is 113 Å². The molecule has 0 saturated heterocycles. The minimum atomic E-state index is -0.919. The van der Waals surface area contributed by atoms with Crippen molar-refractivity contribution in [3.63, 3.8) is 0 Å². The molecule has 226 valence electrons. The highest BCUT2D eigenvalue weighted by molar-refractivity contribution is 7.59. The third kappa shape index (κ3) is 27.2. The van der Waals surface area contributed by atoms with Crippen LogP contribution in [-0.2, 0) is 19.1 Å². The molecule has 1 N–H and O–H groups in total. The minimum Gasteiger partial charge on any atom is -0.456 e. The largest absolute Gasteiger partial charge is 0.456 e. The number of unbranched alkanes of at least 4 members (excludes halogenated alkanes) is 11. The van der Waals surface area contributed by atoms with Crippen molar-refractivity contribution in [1.82, 2.24) is 0 Å². The van der Waals surface area contributed by atoms with Crippen LogP contribution in [0.3, 0.4) is 0 Å². The fourth-order valence-corrected chi connectivity index (χ4v) is 3.08. The Morgan fingerprint density at radius 3 is 1.63 bits per heavy atom. The Kier molecular flexibility index (Phi) is 28.9. The quantitative estimate of drug-likeness (QED) is 0.0872. The molecular formula is C32H62O5S. The summed E-state index contributed by atoms with van der Waals surface area (Å²) in [5.74, 6) is 28.0. The van der Waals surface area contributed by atoms with Crippen LogP contribution in [0.2, 0.25) is 0 Å². The number of esters is 2. The van der Waals surface area contributed by atoms with Crippen LogP contribution in [0.5, 0.6) is 0 Å². The molecule has 6 heteroatoms. The fraction of sp³-hybridized carbons (Fsp3) is 0.562. The summed E-state index contributed by atoms with van der Waals surface area (Å²) in [4.78, 5) is 23.6. The molecule has 0 aliphatic carbocycles. The van der Waals surface area contributed by atoms with Gasteiger partial charge in [-0.05, 0) is 72.5 Å². The van der Waals surface area contributed by atoms with E-state index in [2.05, 4.69) is 78.0 Å². The van der Waals surface area contributed by atoms with Crippen LogP contribution < -0.4 is 0 Å². The Labute approximate surface area is 253 Å². The van der Waals surface area contributed by atoms with Crippen LogP contribution >= 0.6 is 13.5 Å². The lowest BCUT2D eigenvalue weighted by molar-refractivity contribution is -0.159. The number of hydrogen-bond donors (Lipinski definition) is 1. The van der Waals surface area contributed by atoms with E-state index in [9.17, 15) is 14.7 Å². The highest BCUT2D eigenvalue weighted by Gasteiger charge is 2.15. The molecule has 0 aliphatic heterocycles. The summed E-state index contributed by atoms with van der Waals surface area (Å²) >= 11 is 0. The number of aliphatic hydroxyl groups excluding tert-OH is 1. The number of aliphatic hydroxyl groups is 1. The van der Waals surface area contributed by atoms with Crippen LogP contribution in [0, 0.1) is 71.0 Å². The number of ether oxygens (including phenoxy) is 2. The highest BCUT2D eigenvalue weighted by atomic mass is 32.1. The zero-order valence-corrected chi connectivity index (χ0v) is 23.8. The second-order valence-electron chi connectivity index (χ2n) is 8.16. The second kappa shape index (κ2) is 29.8. The SMILES string of the molecule is CC#CC#CC#CC#CC#CC#CC(=O)OC[C@@H](CO)OC(=O)CCCCCCCCCCCCCC.S.[HH].[HH].[HH].[HH].[HH].[HH].[HH].[HH].[HH].[HH].[HH]. The van der Waals surface area contributed by atoms with Crippen molar-refractivity contribution in [2.75, 3.05) is 13.2 Å². The van der Waals surface area contributed by atoms with Gasteiger partial charge in [-0.3, -0.25) is 4.79 Å². The summed E-state index contributed by atoms with van der Waals surface area (Å²) < 4.78 is 10.1. The average Bonchev–Trinajstić information content (AvgIpc) is 2.90. The summed E-state index contributed by atoms with van der Waals surface area (Å²) in [6, 6.07) is 0. The maximum atomic E-state index is 12.0. The van der Waals surface area contributed by atoms with Crippen LogP contribution in [-0.4, -0.2) is 36.4 Å². The standard InChI is InChI=1S/C32H38O5.H2S.11H2/c1-3-5-7-9-11-13-15-17-19-21-23-25-27-32(35)37-30(28-33)29-36-31(34)26-24-22-20-18-16-14-12-10-8-6-4-2;;;;;;;;;;;;/h30,33H,3,5,7,9,11,13,15,17,19,21,23,25,27-29H2,1-2H3;1H2;11*1H/t30-;;;;;;;;;;;;/m1............/s1. The van der Waals surface area contributed by atoms with Gasteiger partial charge >= 0.3 is 11.9 Å². The maximum Gasteiger partial charge on any atom is 0.385 e. The molecule has 0 saturated carbocycles. The molecule has 0 aromatic rings. The van der Waals surface area contributed by atoms with Gasteiger partial charge in [-0.25, -0.2) is 4.79 Å². The van der Waals surface area contributed by atoms with Crippen molar-refractivity contribution < 1.29 is 39.9 Å². The lowest BCUT2D eigenvalue weighted by Gasteiger charge is -2.14. The van der Waals surface area contributed by atoms with Gasteiger partial charge in [0.1, 0.15) is 6.61 Å². The van der Waals surface area contributed by atoms with E-state index in [1.807, 2.05) is 0 Å². The maximum absolute atomic E-state index is 12.0. The van der Waals surface area contributed by atoms with Crippen molar-refractivity contribution in [3.05, 3.63) is 0 Å². The van der Waals surface area contributed by atoms with Gasteiger partial charge in [0, 0.05) is 28.0 Å². The van der Waals surface area contributed by atoms with E-state index in [0.29, 0.717) is 0 Å². The topological polar surface area (TPSA) is 72.8 Å². The Morgan fingerprint density at radius 2 is 1.16 bits per heavy atom. The number of carbonyl (C=O) groups excluding carboxylic acids is 2. The van der Waals surface area contributed by atoms with Gasteiger partial charge in [-0.15, -0.1) is 0 Å². The van der Waals surface area contributed by atoms with E-state index in [1.54, 1.807) is 6.92 Å². The zero-order chi connectivity index (χ0) is 27.2. The molecule has 0 aliphatic rings. The van der Waals surface area contributed by atoms with Gasteiger partial charge in [0.2, 0.25) is 0 Å². The van der Waals surface area contributed by atoms with Gasteiger partial charge in [0.05, 0.1) is 6.61 Å². The van der Waals surface area contributed by atoms with E-state index in [-0.39, 0.29) is 42.2 Å². The average molecular weight is 559 g/mol. The monoisotopic (exact) mass is 558 g/mol. The van der Waals surface area contributed by atoms with Crippen LogP contribution in [0.25, 0.3) is 0 Å². The Balaban J connectivity index is -0.0000000982. The molecule has 0 radical (unpaired) electrons. The number of rotatable bonds is 17. The first kappa shape index (κ1) is 36.8. The van der Waals surface area contributed by atoms with E-state index in [1.165, 1.54) is 57.8 Å². The molecule has 0 fully saturated rings. The smallest absolute Gasteiger partial charge is 0.385 e. The Bertz CT molecular complexity index is 1080. The molecule has 0 rings (SSSR count). The van der Waals surface area contributed by atoms with Crippen LogP contribution in [0.4, 0.5) is 0 Å². The lowest BCUT2D eigenvalue weighted by Crippen LogP contribution is -2.28. The lowest BCUT2D eigenvalue weighted by atomic mass is 10.0. The fourth-order valence-electron chi connectivity index (χ4n) is 3.08. The molecule has 0 aromatic carbocycles. The van der Waals surface area contributed by atoms with Crippen molar-refractivity contribution in [3.8, 4) is 71.0 Å². The Morgan fingerprint density at radius 1 is 0.711 bits per heavy atom. The molecule has 0 spiro atoms. The first-order valence-electron chi connectivity index (χ1n) is 13.0. The summed E-state index contributed by atoms with van der Waals surface area (Å²) in [6.07, 6.45) is 13.9. The predicted molar refractivity (Wildman–Crippen MR) is 180 cm³/mol. The van der Waals surface area contributed by atoms with Gasteiger partial charge in [0.25, 0.3) is 0 Å². The predicted octanol–water partition coefficient (Wildman–Crippen LogP) is 7.38. The highest BCUT2D eigenvalue weighted by Crippen LogP contribution is 2.12. The van der Waals surface area contributed by atoms with E-state index in [0.717, 1.165) is 19.3 Å². The minimum absolute atomic E-state index is 0. The third-order valence-electron chi connectivity index (χ3n) is 4.99. The molecule has 0 heterocycles. The summed E-state index contributed by atoms with van der Waals surface area (Å²) in [5.41, 5.74) is 0. The van der Waals surface area contributed by atoms with Crippen molar-refractivity contribution in [1.29, 1.82) is 0 Å². The normalized spacial score (nSPS) is 9.13. The number of carbonyl (C=O) groups is 2. The van der Waals surface area contributed by atoms with E-state index in [4.69, 9.17) is 9.47 Å². The first-order valence-corrected chi connectivity index (χ1v) is 13.0.